The molecule has 0 unspecified atom stereocenters. The number of hydrogen-bond acceptors (Lipinski definition) is 3. The number of anilines is 1. The number of hydrogen-bond donors (Lipinski definition) is 1. The first-order chi connectivity index (χ1) is 12.5. The lowest BCUT2D eigenvalue weighted by molar-refractivity contribution is -0.0498. The van der Waals surface area contributed by atoms with E-state index in [1.807, 2.05) is 18.2 Å². The van der Waals surface area contributed by atoms with Gasteiger partial charge in [-0.2, -0.15) is 13.9 Å². The summed E-state index contributed by atoms with van der Waals surface area (Å²) in [7, 11) is 0. The van der Waals surface area contributed by atoms with E-state index in [9.17, 15) is 13.6 Å². The molecular weight excluding hydrogens is 364 g/mol. The monoisotopic (exact) mass is 377 g/mol. The summed E-state index contributed by atoms with van der Waals surface area (Å²) in [5.41, 5.74) is 1.65. The lowest BCUT2D eigenvalue weighted by atomic mass is 10.2. The SMILES string of the molecule is O=C(Nc1cnn(Cc2cccc(Cl)c2)c1)c1cccc(OC(F)F)c1. The van der Waals surface area contributed by atoms with Crippen LogP contribution >= 0.6 is 11.6 Å². The van der Waals surface area contributed by atoms with Crippen molar-refractivity contribution in [1.82, 2.24) is 9.78 Å². The molecule has 0 bridgehead atoms. The Kier molecular flexibility index (Phi) is 5.48. The Morgan fingerprint density at radius 2 is 2.04 bits per heavy atom. The van der Waals surface area contributed by atoms with E-state index in [1.54, 1.807) is 16.9 Å². The van der Waals surface area contributed by atoms with Crippen LogP contribution in [0.3, 0.4) is 0 Å². The van der Waals surface area contributed by atoms with Gasteiger partial charge in [0, 0.05) is 16.8 Å². The molecule has 0 aliphatic rings. The van der Waals surface area contributed by atoms with Crippen molar-refractivity contribution in [2.24, 2.45) is 0 Å². The fraction of sp³-hybridized carbons (Fsp3) is 0.111. The summed E-state index contributed by atoms with van der Waals surface area (Å²) in [6, 6.07) is 12.9. The zero-order valence-electron chi connectivity index (χ0n) is 13.4. The van der Waals surface area contributed by atoms with Crippen molar-refractivity contribution in [3.63, 3.8) is 0 Å². The number of nitrogens with zero attached hydrogens (tertiary/aromatic N) is 2. The Labute approximate surface area is 153 Å². The van der Waals surface area contributed by atoms with Crippen LogP contribution in [0.1, 0.15) is 15.9 Å². The average Bonchev–Trinajstić information content (AvgIpc) is 3.01. The third kappa shape index (κ3) is 4.80. The van der Waals surface area contributed by atoms with Crippen molar-refractivity contribution < 1.29 is 18.3 Å². The van der Waals surface area contributed by atoms with E-state index < -0.39 is 12.5 Å². The van der Waals surface area contributed by atoms with Crippen molar-refractivity contribution in [2.45, 2.75) is 13.2 Å². The van der Waals surface area contributed by atoms with Gasteiger partial charge in [-0.15, -0.1) is 0 Å². The molecule has 0 aliphatic carbocycles. The van der Waals surface area contributed by atoms with Gasteiger partial charge in [0.15, 0.2) is 0 Å². The molecule has 0 atom stereocenters. The summed E-state index contributed by atoms with van der Waals surface area (Å²) in [5, 5.41) is 7.48. The van der Waals surface area contributed by atoms with Crippen molar-refractivity contribution in [3.05, 3.63) is 77.1 Å². The number of ether oxygens (including phenoxy) is 1. The lowest BCUT2D eigenvalue weighted by Gasteiger charge is -2.07. The van der Waals surface area contributed by atoms with Gasteiger partial charge in [0.1, 0.15) is 5.75 Å². The van der Waals surface area contributed by atoms with Gasteiger partial charge < -0.3 is 10.1 Å². The Morgan fingerprint density at radius 1 is 1.23 bits per heavy atom. The topological polar surface area (TPSA) is 56.2 Å². The number of carbonyl (C=O) groups excluding carboxylic acids is 1. The molecular formula is C18H14ClF2N3O2. The standard InChI is InChI=1S/C18H14ClF2N3O2/c19-14-5-1-3-12(7-14)10-24-11-15(9-22-24)23-17(25)13-4-2-6-16(8-13)26-18(20)21/h1-9,11,18H,10H2,(H,23,25). The minimum Gasteiger partial charge on any atom is -0.435 e. The first kappa shape index (κ1) is 17.9. The summed E-state index contributed by atoms with van der Waals surface area (Å²) >= 11 is 5.95. The van der Waals surface area contributed by atoms with Gasteiger partial charge in [-0.3, -0.25) is 9.48 Å². The van der Waals surface area contributed by atoms with E-state index in [0.29, 0.717) is 17.3 Å². The number of alkyl halides is 2. The molecule has 0 radical (unpaired) electrons. The van der Waals surface area contributed by atoms with E-state index in [2.05, 4.69) is 15.2 Å². The van der Waals surface area contributed by atoms with Crippen LogP contribution in [-0.4, -0.2) is 22.3 Å². The molecule has 1 heterocycles. The van der Waals surface area contributed by atoms with Crippen LogP contribution in [0.2, 0.25) is 5.02 Å². The highest BCUT2D eigenvalue weighted by Gasteiger charge is 2.11. The maximum Gasteiger partial charge on any atom is 0.387 e. The zero-order valence-corrected chi connectivity index (χ0v) is 14.2. The minimum atomic E-state index is -2.95. The number of amides is 1. The molecule has 1 aromatic heterocycles. The molecule has 3 rings (SSSR count). The summed E-state index contributed by atoms with van der Waals surface area (Å²) in [4.78, 5) is 12.3. The molecule has 0 aliphatic heterocycles. The summed E-state index contributed by atoms with van der Waals surface area (Å²) in [5.74, 6) is -0.531. The van der Waals surface area contributed by atoms with Gasteiger partial charge >= 0.3 is 6.61 Å². The average molecular weight is 378 g/mol. The third-order valence-corrected chi connectivity index (χ3v) is 3.68. The van der Waals surface area contributed by atoms with Gasteiger partial charge in [-0.25, -0.2) is 0 Å². The largest absolute Gasteiger partial charge is 0.435 e. The molecule has 26 heavy (non-hydrogen) atoms. The quantitative estimate of drug-likeness (QED) is 0.691. The van der Waals surface area contributed by atoms with Crippen molar-refractivity contribution in [1.29, 1.82) is 0 Å². The van der Waals surface area contributed by atoms with Crippen molar-refractivity contribution in [3.8, 4) is 5.75 Å². The van der Waals surface area contributed by atoms with Crippen LogP contribution in [0.4, 0.5) is 14.5 Å². The van der Waals surface area contributed by atoms with E-state index in [4.69, 9.17) is 11.6 Å². The van der Waals surface area contributed by atoms with Gasteiger partial charge in [-0.1, -0.05) is 29.8 Å². The third-order valence-electron chi connectivity index (χ3n) is 3.45. The second kappa shape index (κ2) is 7.97. The molecule has 1 N–H and O–H groups in total. The smallest absolute Gasteiger partial charge is 0.387 e. The highest BCUT2D eigenvalue weighted by atomic mass is 35.5. The number of aromatic nitrogens is 2. The summed E-state index contributed by atoms with van der Waals surface area (Å²) in [6.07, 6.45) is 3.17. The predicted molar refractivity (Wildman–Crippen MR) is 93.8 cm³/mol. The second-order valence-corrected chi connectivity index (χ2v) is 5.85. The number of halogens is 3. The summed E-state index contributed by atoms with van der Waals surface area (Å²) < 4.78 is 30.5. The summed E-state index contributed by atoms with van der Waals surface area (Å²) in [6.45, 7) is -2.45. The fourth-order valence-electron chi connectivity index (χ4n) is 2.35. The maximum absolute atomic E-state index is 12.3. The molecule has 0 saturated carbocycles. The maximum atomic E-state index is 12.3. The Bertz CT molecular complexity index is 915. The second-order valence-electron chi connectivity index (χ2n) is 5.42. The van der Waals surface area contributed by atoms with Gasteiger partial charge in [0.05, 0.1) is 18.4 Å². The predicted octanol–water partition coefficient (Wildman–Crippen LogP) is 4.44. The van der Waals surface area contributed by atoms with Gasteiger partial charge in [0.2, 0.25) is 0 Å². The number of benzene rings is 2. The first-order valence-corrected chi connectivity index (χ1v) is 8.00. The van der Waals surface area contributed by atoms with Crippen LogP contribution in [0.5, 0.6) is 5.75 Å². The van der Waals surface area contributed by atoms with E-state index in [0.717, 1.165) is 5.56 Å². The minimum absolute atomic E-state index is 0.0794. The molecule has 134 valence electrons. The van der Waals surface area contributed by atoms with E-state index in [1.165, 1.54) is 30.5 Å². The molecule has 5 nitrogen and oxygen atoms in total. The molecule has 1 amide bonds. The van der Waals surface area contributed by atoms with E-state index >= 15 is 0 Å². The molecule has 0 saturated heterocycles. The number of nitrogens with one attached hydrogen (secondary N) is 1. The highest BCUT2D eigenvalue weighted by molar-refractivity contribution is 6.30. The number of carbonyl (C=O) groups is 1. The van der Waals surface area contributed by atoms with Crippen LogP contribution in [-0.2, 0) is 6.54 Å². The molecule has 3 aromatic rings. The van der Waals surface area contributed by atoms with Crippen molar-refractivity contribution in [2.75, 3.05) is 5.32 Å². The van der Waals surface area contributed by atoms with Gasteiger partial charge in [0.25, 0.3) is 5.91 Å². The Balaban J connectivity index is 1.66. The normalized spacial score (nSPS) is 10.8. The van der Waals surface area contributed by atoms with Crippen LogP contribution in [0, 0.1) is 0 Å². The van der Waals surface area contributed by atoms with Crippen molar-refractivity contribution >= 4 is 23.2 Å². The fourth-order valence-corrected chi connectivity index (χ4v) is 2.57. The molecule has 8 heteroatoms. The van der Waals surface area contributed by atoms with E-state index in [-0.39, 0.29) is 11.3 Å². The number of rotatable bonds is 6. The van der Waals surface area contributed by atoms with Crippen LogP contribution < -0.4 is 10.1 Å². The van der Waals surface area contributed by atoms with Gasteiger partial charge in [-0.05, 0) is 35.9 Å². The van der Waals surface area contributed by atoms with Crippen LogP contribution in [0.15, 0.2) is 60.9 Å². The first-order valence-electron chi connectivity index (χ1n) is 7.63. The zero-order chi connectivity index (χ0) is 18.5. The molecule has 0 fully saturated rings. The molecule has 2 aromatic carbocycles. The highest BCUT2D eigenvalue weighted by Crippen LogP contribution is 2.18. The Hall–Kier alpha value is -2.93. The Morgan fingerprint density at radius 3 is 2.81 bits per heavy atom. The van der Waals surface area contributed by atoms with Crippen LogP contribution in [0.25, 0.3) is 0 Å². The molecule has 0 spiro atoms. The lowest BCUT2D eigenvalue weighted by Crippen LogP contribution is -2.12.